The van der Waals surface area contributed by atoms with Crippen molar-refractivity contribution >= 4 is 11.7 Å². The maximum absolute atomic E-state index is 12.4. The highest BCUT2D eigenvalue weighted by atomic mass is 16.3. The number of aliphatic hydroxyl groups is 1. The van der Waals surface area contributed by atoms with Crippen LogP contribution in [0.15, 0.2) is 42.0 Å². The molecule has 2 heterocycles. The van der Waals surface area contributed by atoms with E-state index in [1.807, 2.05) is 30.3 Å². The Bertz CT molecular complexity index is 664. The lowest BCUT2D eigenvalue weighted by atomic mass is 9.93. The summed E-state index contributed by atoms with van der Waals surface area (Å²) in [4.78, 5) is 29.4. The zero-order chi connectivity index (χ0) is 19.8. The quantitative estimate of drug-likeness (QED) is 0.330. The Morgan fingerprint density at radius 2 is 1.75 bits per heavy atom. The molecule has 2 saturated heterocycles. The van der Waals surface area contributed by atoms with Crippen LogP contribution in [0.5, 0.6) is 0 Å². The van der Waals surface area contributed by atoms with Crippen LogP contribution in [0.25, 0.3) is 0 Å². The third-order valence-corrected chi connectivity index (χ3v) is 5.38. The molecule has 1 amide bonds. The van der Waals surface area contributed by atoms with Gasteiger partial charge in [0.05, 0.1) is 18.2 Å². The first-order valence-electron chi connectivity index (χ1n) is 10.0. The summed E-state index contributed by atoms with van der Waals surface area (Å²) in [6.45, 7) is 7.21. The van der Waals surface area contributed by atoms with Crippen molar-refractivity contribution in [2.24, 2.45) is 0 Å². The fourth-order valence-electron chi connectivity index (χ4n) is 3.69. The molecule has 2 fully saturated rings. The van der Waals surface area contributed by atoms with E-state index in [0.29, 0.717) is 13.0 Å². The van der Waals surface area contributed by atoms with Crippen molar-refractivity contribution in [3.8, 4) is 0 Å². The highest BCUT2D eigenvalue weighted by Gasteiger charge is 2.30. The van der Waals surface area contributed by atoms with E-state index in [4.69, 9.17) is 5.11 Å². The molecule has 7 heteroatoms. The molecule has 0 aromatic heterocycles. The van der Waals surface area contributed by atoms with Gasteiger partial charge in [0.25, 0.3) is 5.91 Å². The van der Waals surface area contributed by atoms with Crippen molar-refractivity contribution in [2.45, 2.75) is 12.5 Å². The van der Waals surface area contributed by atoms with E-state index < -0.39 is 0 Å². The molecule has 3 rings (SSSR count). The van der Waals surface area contributed by atoms with E-state index in [9.17, 15) is 9.59 Å². The van der Waals surface area contributed by atoms with Crippen LogP contribution in [0.2, 0.25) is 0 Å². The summed E-state index contributed by atoms with van der Waals surface area (Å²) >= 11 is 0. The van der Waals surface area contributed by atoms with Crippen LogP contribution in [0.1, 0.15) is 18.0 Å². The molecule has 152 valence electrons. The Morgan fingerprint density at radius 3 is 2.39 bits per heavy atom. The first kappa shape index (κ1) is 20.7. The van der Waals surface area contributed by atoms with Gasteiger partial charge in [-0.25, -0.2) is 0 Å². The summed E-state index contributed by atoms with van der Waals surface area (Å²) in [5, 5.41) is 15.2. The second-order valence-corrected chi connectivity index (χ2v) is 7.29. The number of nitrogens with zero attached hydrogens (tertiary/aromatic N) is 2. The molecule has 28 heavy (non-hydrogen) atoms. The van der Waals surface area contributed by atoms with Gasteiger partial charge in [0, 0.05) is 58.8 Å². The number of nitrogens with one attached hydrogen (secondary N) is 2. The molecule has 0 spiro atoms. The van der Waals surface area contributed by atoms with Crippen LogP contribution in [0, 0.1) is 0 Å². The lowest BCUT2D eigenvalue weighted by Crippen LogP contribution is -2.48. The second-order valence-electron chi connectivity index (χ2n) is 7.29. The van der Waals surface area contributed by atoms with Gasteiger partial charge in [-0.15, -0.1) is 0 Å². The third-order valence-electron chi connectivity index (χ3n) is 5.38. The minimum atomic E-state index is -0.285. The zero-order valence-corrected chi connectivity index (χ0v) is 16.3. The van der Waals surface area contributed by atoms with Crippen molar-refractivity contribution < 1.29 is 14.7 Å². The van der Waals surface area contributed by atoms with Gasteiger partial charge >= 0.3 is 0 Å². The van der Waals surface area contributed by atoms with Crippen LogP contribution in [0.3, 0.4) is 0 Å². The van der Waals surface area contributed by atoms with Gasteiger partial charge < -0.3 is 15.7 Å². The molecule has 7 nitrogen and oxygen atoms in total. The van der Waals surface area contributed by atoms with Crippen LogP contribution < -0.4 is 10.6 Å². The van der Waals surface area contributed by atoms with Gasteiger partial charge in [-0.2, -0.15) is 0 Å². The summed E-state index contributed by atoms with van der Waals surface area (Å²) in [5.41, 5.74) is 1.22. The fourth-order valence-corrected chi connectivity index (χ4v) is 3.69. The molecule has 0 bridgehead atoms. The minimum absolute atomic E-state index is 0.0978. The molecular weight excluding hydrogens is 356 g/mol. The van der Waals surface area contributed by atoms with E-state index in [1.54, 1.807) is 6.08 Å². The topological polar surface area (TPSA) is 84.9 Å². The van der Waals surface area contributed by atoms with Crippen molar-refractivity contribution in [2.75, 3.05) is 59.0 Å². The standard InChI is InChI=1S/C21H30N4O3/c26-15-14-25-12-10-24(11-13-25)9-8-22-7-6-18-20(27)16-19(23-21(18)28)17-4-2-1-3-5-17/h1-6,19,22,26H,7-16H2,(H,23,28)/b18-6-. The fraction of sp³-hybridized carbons (Fsp3) is 0.524. The van der Waals surface area contributed by atoms with Gasteiger partial charge in [-0.3, -0.25) is 19.4 Å². The van der Waals surface area contributed by atoms with Gasteiger partial charge in [0.1, 0.15) is 0 Å². The van der Waals surface area contributed by atoms with E-state index >= 15 is 0 Å². The van der Waals surface area contributed by atoms with Crippen molar-refractivity contribution in [3.63, 3.8) is 0 Å². The number of amides is 1. The highest BCUT2D eigenvalue weighted by Crippen LogP contribution is 2.23. The normalized spacial score (nSPS) is 23.2. The summed E-state index contributed by atoms with van der Waals surface area (Å²) in [6, 6.07) is 9.36. The van der Waals surface area contributed by atoms with E-state index in [2.05, 4.69) is 20.4 Å². The number of benzene rings is 1. The monoisotopic (exact) mass is 386 g/mol. The number of aliphatic hydroxyl groups excluding tert-OH is 1. The number of carbonyl (C=O) groups excluding carboxylic acids is 2. The predicted octanol–water partition coefficient (Wildman–Crippen LogP) is -0.0574. The summed E-state index contributed by atoms with van der Waals surface area (Å²) in [5.74, 6) is -0.383. The molecule has 0 radical (unpaired) electrons. The minimum Gasteiger partial charge on any atom is -0.395 e. The summed E-state index contributed by atoms with van der Waals surface area (Å²) in [7, 11) is 0. The molecule has 3 N–H and O–H groups in total. The summed E-state index contributed by atoms with van der Waals surface area (Å²) < 4.78 is 0. The second kappa shape index (κ2) is 10.5. The number of hydrogen-bond donors (Lipinski definition) is 3. The summed E-state index contributed by atoms with van der Waals surface area (Å²) in [6.07, 6.45) is 2.01. The smallest absolute Gasteiger partial charge is 0.255 e. The average molecular weight is 386 g/mol. The van der Waals surface area contributed by atoms with E-state index in [1.165, 1.54) is 0 Å². The van der Waals surface area contributed by atoms with Crippen LogP contribution in [-0.4, -0.2) is 85.6 Å². The van der Waals surface area contributed by atoms with Gasteiger partial charge in [0.15, 0.2) is 5.78 Å². The number of carbonyl (C=O) groups is 2. The first-order valence-corrected chi connectivity index (χ1v) is 10.0. The van der Waals surface area contributed by atoms with Gasteiger partial charge in [-0.1, -0.05) is 36.4 Å². The van der Waals surface area contributed by atoms with E-state index in [-0.39, 0.29) is 29.9 Å². The largest absolute Gasteiger partial charge is 0.395 e. The number of hydrogen-bond acceptors (Lipinski definition) is 6. The van der Waals surface area contributed by atoms with Crippen molar-refractivity contribution in [1.82, 2.24) is 20.4 Å². The van der Waals surface area contributed by atoms with Crippen molar-refractivity contribution in [3.05, 3.63) is 47.5 Å². The number of piperidine rings is 1. The molecule has 2 aliphatic heterocycles. The lowest BCUT2D eigenvalue weighted by Gasteiger charge is -2.34. The van der Waals surface area contributed by atoms with Gasteiger partial charge in [0.2, 0.25) is 0 Å². The van der Waals surface area contributed by atoms with Gasteiger partial charge in [-0.05, 0) is 5.56 Å². The van der Waals surface area contributed by atoms with Crippen LogP contribution in [0.4, 0.5) is 0 Å². The Kier molecular flexibility index (Phi) is 7.73. The molecule has 2 aliphatic rings. The maximum Gasteiger partial charge on any atom is 0.255 e. The Morgan fingerprint density at radius 1 is 1.07 bits per heavy atom. The Labute approximate surface area is 166 Å². The predicted molar refractivity (Wildman–Crippen MR) is 108 cm³/mol. The molecule has 1 aromatic rings. The first-order chi connectivity index (χ1) is 13.7. The molecule has 0 saturated carbocycles. The number of rotatable bonds is 8. The maximum atomic E-state index is 12.4. The third kappa shape index (κ3) is 5.72. The van der Waals surface area contributed by atoms with Crippen molar-refractivity contribution in [1.29, 1.82) is 0 Å². The average Bonchev–Trinajstić information content (AvgIpc) is 2.71. The molecule has 1 unspecified atom stereocenters. The number of Topliss-reactive ketones (excluding diaryl/α,β-unsaturated/α-hetero) is 1. The molecular formula is C21H30N4O3. The zero-order valence-electron chi connectivity index (χ0n) is 16.3. The van der Waals surface area contributed by atoms with Crippen LogP contribution >= 0.6 is 0 Å². The number of piperazine rings is 1. The molecule has 1 atom stereocenters. The number of ketones is 1. The Hall–Kier alpha value is -2.06. The van der Waals surface area contributed by atoms with E-state index in [0.717, 1.165) is 51.4 Å². The molecule has 0 aliphatic carbocycles. The molecule has 1 aromatic carbocycles. The highest BCUT2D eigenvalue weighted by molar-refractivity contribution is 6.21. The number of β-amino-alcohol motifs (C(OH)–C–C–N with tert-alkyl or cyclic N) is 1. The Balaban J connectivity index is 1.38. The SMILES string of the molecule is O=C1CC(c2ccccc2)NC(=O)/C1=C\CNCCN1CCN(CCO)CC1. The lowest BCUT2D eigenvalue weighted by molar-refractivity contribution is -0.126. The van der Waals surface area contributed by atoms with Crippen LogP contribution in [-0.2, 0) is 9.59 Å².